The molecule has 0 saturated heterocycles. The molecule has 0 unspecified atom stereocenters. The van der Waals surface area contributed by atoms with E-state index in [1.807, 2.05) is 22.6 Å². The number of nitrogens with zero attached hydrogens (tertiary/aromatic N) is 1. The van der Waals surface area contributed by atoms with Crippen LogP contribution in [0, 0.1) is 10.5 Å². The Morgan fingerprint density at radius 1 is 1.48 bits per heavy atom. The van der Waals surface area contributed by atoms with Crippen LogP contribution in [0.3, 0.4) is 0 Å². The monoisotopic (exact) mass is 441 g/mol. The van der Waals surface area contributed by atoms with Gasteiger partial charge in [-0.3, -0.25) is 9.82 Å². The molecule has 0 aliphatic carbocycles. The number of aromatic nitrogens is 2. The predicted molar refractivity (Wildman–Crippen MR) is 85.3 cm³/mol. The molecule has 112 valence electrons. The van der Waals surface area contributed by atoms with E-state index in [2.05, 4.69) is 14.9 Å². The molecule has 0 saturated carbocycles. The number of carbonyl (C=O) groups is 1. The fraction of sp³-hybridized carbons (Fsp3) is 0.0909. The van der Waals surface area contributed by atoms with Gasteiger partial charge < -0.3 is 5.11 Å². The highest BCUT2D eigenvalue weighted by atomic mass is 127. The van der Waals surface area contributed by atoms with Gasteiger partial charge in [-0.05, 0) is 47.7 Å². The first-order chi connectivity index (χ1) is 9.72. The third-order valence-corrected chi connectivity index (χ3v) is 5.19. The molecule has 1 aromatic heterocycles. The Balaban J connectivity index is 2.48. The molecule has 0 bridgehead atoms. The SMILES string of the molecule is Cc1[nH]nc(C(=O)O)c1S(=O)(=O)Nc1ccc(Cl)cc1I. The maximum atomic E-state index is 12.4. The van der Waals surface area contributed by atoms with Crippen LogP contribution in [0.5, 0.6) is 0 Å². The number of hydrogen-bond acceptors (Lipinski definition) is 4. The Kier molecular flexibility index (Phi) is 4.44. The van der Waals surface area contributed by atoms with Crippen LogP contribution in [0.15, 0.2) is 23.1 Å². The first kappa shape index (κ1) is 16.0. The molecular formula is C11H9ClIN3O4S. The van der Waals surface area contributed by atoms with Gasteiger partial charge in [0, 0.05) is 8.59 Å². The molecule has 0 aliphatic rings. The standard InChI is InChI=1S/C11H9ClIN3O4S/c1-5-10(9(11(17)18)15-14-5)21(19,20)16-8-3-2-6(12)4-7(8)13/h2-4,16H,1H3,(H,14,15)(H,17,18). The topological polar surface area (TPSA) is 112 Å². The zero-order chi connectivity index (χ0) is 15.8. The molecule has 0 atom stereocenters. The van der Waals surface area contributed by atoms with Crippen molar-refractivity contribution < 1.29 is 18.3 Å². The lowest BCUT2D eigenvalue weighted by Crippen LogP contribution is -2.17. The summed E-state index contributed by atoms with van der Waals surface area (Å²) in [6, 6.07) is 4.61. The van der Waals surface area contributed by atoms with Crippen LogP contribution in [0.1, 0.15) is 16.2 Å². The van der Waals surface area contributed by atoms with Crippen molar-refractivity contribution in [1.29, 1.82) is 0 Å². The first-order valence-electron chi connectivity index (χ1n) is 5.48. The van der Waals surface area contributed by atoms with E-state index in [4.69, 9.17) is 16.7 Å². The van der Waals surface area contributed by atoms with Crippen LogP contribution in [-0.2, 0) is 10.0 Å². The minimum absolute atomic E-state index is 0.142. The molecule has 2 rings (SSSR count). The van der Waals surface area contributed by atoms with Gasteiger partial charge in [0.2, 0.25) is 0 Å². The molecular weight excluding hydrogens is 433 g/mol. The predicted octanol–water partition coefficient (Wildman–Crippen LogP) is 2.48. The first-order valence-corrected chi connectivity index (χ1v) is 8.42. The van der Waals surface area contributed by atoms with E-state index < -0.39 is 21.7 Å². The summed E-state index contributed by atoms with van der Waals surface area (Å²) in [4.78, 5) is 10.7. The van der Waals surface area contributed by atoms with E-state index in [1.54, 1.807) is 6.07 Å². The zero-order valence-electron chi connectivity index (χ0n) is 10.5. The summed E-state index contributed by atoms with van der Waals surface area (Å²) in [7, 11) is -4.08. The maximum absolute atomic E-state index is 12.4. The third kappa shape index (κ3) is 3.30. The van der Waals surface area contributed by atoms with E-state index in [0.717, 1.165) is 0 Å². The molecule has 21 heavy (non-hydrogen) atoms. The number of rotatable bonds is 4. The molecule has 1 aromatic carbocycles. The number of H-pyrrole nitrogens is 1. The highest BCUT2D eigenvalue weighted by molar-refractivity contribution is 14.1. The number of carboxylic acids is 1. The van der Waals surface area contributed by atoms with Crippen molar-refractivity contribution in [2.45, 2.75) is 11.8 Å². The fourth-order valence-corrected chi connectivity index (χ4v) is 4.26. The second kappa shape index (κ2) is 5.81. The Labute approximate surface area is 138 Å². The largest absolute Gasteiger partial charge is 0.476 e. The van der Waals surface area contributed by atoms with Gasteiger partial charge in [-0.15, -0.1) is 0 Å². The van der Waals surface area contributed by atoms with Gasteiger partial charge in [-0.2, -0.15) is 5.10 Å². The van der Waals surface area contributed by atoms with Crippen molar-refractivity contribution in [3.63, 3.8) is 0 Å². The zero-order valence-corrected chi connectivity index (χ0v) is 14.2. The third-order valence-electron chi connectivity index (χ3n) is 2.54. The highest BCUT2D eigenvalue weighted by Gasteiger charge is 2.28. The van der Waals surface area contributed by atoms with Crippen LogP contribution in [0.4, 0.5) is 5.69 Å². The number of aromatic carboxylic acids is 1. The van der Waals surface area contributed by atoms with Crippen molar-refractivity contribution in [3.05, 3.63) is 38.2 Å². The highest BCUT2D eigenvalue weighted by Crippen LogP contribution is 2.26. The van der Waals surface area contributed by atoms with Crippen LogP contribution in [0.25, 0.3) is 0 Å². The number of aryl methyl sites for hydroxylation is 1. The summed E-state index contributed by atoms with van der Waals surface area (Å²) in [6.07, 6.45) is 0. The molecule has 10 heteroatoms. The summed E-state index contributed by atoms with van der Waals surface area (Å²) in [6.45, 7) is 1.43. The summed E-state index contributed by atoms with van der Waals surface area (Å²) >= 11 is 7.73. The Morgan fingerprint density at radius 2 is 2.14 bits per heavy atom. The van der Waals surface area contributed by atoms with Crippen molar-refractivity contribution in [3.8, 4) is 0 Å². The Morgan fingerprint density at radius 3 is 2.71 bits per heavy atom. The molecule has 2 aromatic rings. The van der Waals surface area contributed by atoms with Crippen LogP contribution in [0.2, 0.25) is 5.02 Å². The Hall–Kier alpha value is -1.33. The minimum Gasteiger partial charge on any atom is -0.476 e. The molecule has 3 N–H and O–H groups in total. The summed E-state index contributed by atoms with van der Waals surface area (Å²) in [5.74, 6) is -1.43. The average molecular weight is 442 g/mol. The molecule has 7 nitrogen and oxygen atoms in total. The van der Waals surface area contributed by atoms with Crippen molar-refractivity contribution >= 4 is 55.9 Å². The van der Waals surface area contributed by atoms with Crippen LogP contribution >= 0.6 is 34.2 Å². The number of sulfonamides is 1. The van der Waals surface area contributed by atoms with Crippen molar-refractivity contribution in [1.82, 2.24) is 10.2 Å². The van der Waals surface area contributed by atoms with Gasteiger partial charge in [0.1, 0.15) is 4.90 Å². The number of carboxylic acid groups (broad SMARTS) is 1. The average Bonchev–Trinajstić information content (AvgIpc) is 2.76. The lowest BCUT2D eigenvalue weighted by molar-refractivity contribution is 0.0686. The minimum atomic E-state index is -4.08. The van der Waals surface area contributed by atoms with E-state index in [0.29, 0.717) is 14.3 Å². The van der Waals surface area contributed by atoms with E-state index in [9.17, 15) is 13.2 Å². The van der Waals surface area contributed by atoms with Gasteiger partial charge >= 0.3 is 5.97 Å². The fourth-order valence-electron chi connectivity index (χ4n) is 1.66. The van der Waals surface area contributed by atoms with Gasteiger partial charge in [0.05, 0.1) is 11.4 Å². The van der Waals surface area contributed by atoms with Gasteiger partial charge in [0.15, 0.2) is 5.69 Å². The molecule has 0 fully saturated rings. The normalized spacial score (nSPS) is 11.4. The van der Waals surface area contributed by atoms with Crippen molar-refractivity contribution in [2.24, 2.45) is 0 Å². The second-order valence-corrected chi connectivity index (χ2v) is 7.28. The lowest BCUT2D eigenvalue weighted by atomic mass is 10.3. The summed E-state index contributed by atoms with van der Waals surface area (Å²) < 4.78 is 27.7. The number of benzene rings is 1. The summed E-state index contributed by atoms with van der Waals surface area (Å²) in [5.41, 5.74) is -0.107. The van der Waals surface area contributed by atoms with E-state index >= 15 is 0 Å². The number of hydrogen-bond donors (Lipinski definition) is 3. The molecule has 0 amide bonds. The second-order valence-electron chi connectivity index (χ2n) is 4.06. The molecule has 0 aliphatic heterocycles. The Bertz CT molecular complexity index is 819. The number of anilines is 1. The quantitative estimate of drug-likeness (QED) is 0.631. The van der Waals surface area contributed by atoms with Crippen LogP contribution in [-0.4, -0.2) is 29.7 Å². The van der Waals surface area contributed by atoms with Crippen molar-refractivity contribution in [2.75, 3.05) is 4.72 Å². The van der Waals surface area contributed by atoms with Crippen LogP contribution < -0.4 is 4.72 Å². The van der Waals surface area contributed by atoms with Gasteiger partial charge in [0.25, 0.3) is 10.0 Å². The van der Waals surface area contributed by atoms with E-state index in [1.165, 1.54) is 19.1 Å². The van der Waals surface area contributed by atoms with Gasteiger partial charge in [-0.25, -0.2) is 13.2 Å². The molecule has 0 spiro atoms. The number of aromatic amines is 1. The van der Waals surface area contributed by atoms with Gasteiger partial charge in [-0.1, -0.05) is 11.6 Å². The maximum Gasteiger partial charge on any atom is 0.357 e. The molecule has 0 radical (unpaired) electrons. The molecule has 1 heterocycles. The van der Waals surface area contributed by atoms with E-state index in [-0.39, 0.29) is 10.6 Å². The smallest absolute Gasteiger partial charge is 0.357 e. The summed E-state index contributed by atoms with van der Waals surface area (Å²) in [5, 5.41) is 15.3. The lowest BCUT2D eigenvalue weighted by Gasteiger charge is -2.10. The number of nitrogens with one attached hydrogen (secondary N) is 2. The number of halogens is 2.